The minimum absolute atomic E-state index is 0.0313. The van der Waals surface area contributed by atoms with Gasteiger partial charge in [-0.1, -0.05) is 41.4 Å². The fourth-order valence-electron chi connectivity index (χ4n) is 2.70. The minimum Gasteiger partial charge on any atom is -0.495 e. The van der Waals surface area contributed by atoms with Crippen molar-refractivity contribution >= 4 is 40.7 Å². The predicted octanol–water partition coefficient (Wildman–Crippen LogP) is 3.75. The van der Waals surface area contributed by atoms with E-state index in [2.05, 4.69) is 10.6 Å². The van der Waals surface area contributed by atoms with E-state index in [1.807, 2.05) is 25.1 Å². The Labute approximate surface area is 174 Å². The van der Waals surface area contributed by atoms with Gasteiger partial charge in [-0.2, -0.15) is 0 Å². The number of nitrogens with one attached hydrogen (secondary N) is 2. The molecule has 0 saturated carbocycles. The second-order valence-electron chi connectivity index (χ2n) is 6.38. The highest BCUT2D eigenvalue weighted by Crippen LogP contribution is 2.27. The lowest BCUT2D eigenvalue weighted by atomic mass is 10.1. The van der Waals surface area contributed by atoms with E-state index in [4.69, 9.17) is 27.9 Å². The van der Waals surface area contributed by atoms with Crippen LogP contribution in [0.1, 0.15) is 18.5 Å². The van der Waals surface area contributed by atoms with E-state index < -0.39 is 0 Å². The summed E-state index contributed by atoms with van der Waals surface area (Å²) in [5, 5.41) is 6.70. The van der Waals surface area contributed by atoms with Gasteiger partial charge < -0.3 is 15.4 Å². The summed E-state index contributed by atoms with van der Waals surface area (Å²) in [7, 11) is 3.20. The molecule has 8 heteroatoms. The number of likely N-dealkylation sites (N-methyl/N-ethyl adjacent to an activating group) is 1. The maximum atomic E-state index is 12.3. The van der Waals surface area contributed by atoms with Crippen LogP contribution in [0.3, 0.4) is 0 Å². The number of hydrogen-bond donors (Lipinski definition) is 2. The molecule has 0 radical (unpaired) electrons. The van der Waals surface area contributed by atoms with Gasteiger partial charge in [0.2, 0.25) is 11.8 Å². The molecule has 28 heavy (non-hydrogen) atoms. The zero-order chi connectivity index (χ0) is 20.7. The average Bonchev–Trinajstić information content (AvgIpc) is 2.61. The number of hydrogen-bond acceptors (Lipinski definition) is 4. The van der Waals surface area contributed by atoms with E-state index in [9.17, 15) is 9.59 Å². The lowest BCUT2D eigenvalue weighted by Crippen LogP contribution is -2.39. The number of amides is 2. The summed E-state index contributed by atoms with van der Waals surface area (Å²) < 4.78 is 5.20. The summed E-state index contributed by atoms with van der Waals surface area (Å²) in [6, 6.07) is 12.1. The molecule has 1 atom stereocenters. The van der Waals surface area contributed by atoms with Gasteiger partial charge in [0.25, 0.3) is 0 Å². The number of rotatable bonds is 8. The van der Waals surface area contributed by atoms with Crippen LogP contribution in [0.15, 0.2) is 42.5 Å². The fourth-order valence-corrected chi connectivity index (χ4v) is 3.18. The van der Waals surface area contributed by atoms with Crippen LogP contribution in [0.25, 0.3) is 0 Å². The normalized spacial score (nSPS) is 11.8. The van der Waals surface area contributed by atoms with E-state index in [1.165, 1.54) is 7.11 Å². The summed E-state index contributed by atoms with van der Waals surface area (Å²) >= 11 is 12.1. The summed E-state index contributed by atoms with van der Waals surface area (Å²) in [6.07, 6.45) is 0. The summed E-state index contributed by atoms with van der Waals surface area (Å²) in [4.78, 5) is 26.2. The number of methoxy groups -OCH3 is 1. The lowest BCUT2D eigenvalue weighted by molar-refractivity contribution is -0.123. The predicted molar refractivity (Wildman–Crippen MR) is 112 cm³/mol. The number of carbonyl (C=O) groups excluding carboxylic acids is 2. The molecule has 0 aromatic heterocycles. The minimum atomic E-state index is -0.282. The Bertz CT molecular complexity index is 845. The molecule has 2 rings (SSSR count). The molecule has 1 unspecified atom stereocenters. The maximum Gasteiger partial charge on any atom is 0.238 e. The number of nitrogens with zero attached hydrogens (tertiary/aromatic N) is 1. The Kier molecular flexibility index (Phi) is 8.11. The molecule has 0 aliphatic heterocycles. The van der Waals surface area contributed by atoms with E-state index in [0.717, 1.165) is 5.56 Å². The highest BCUT2D eigenvalue weighted by molar-refractivity contribution is 6.31. The van der Waals surface area contributed by atoms with Crippen LogP contribution < -0.4 is 15.4 Å². The lowest BCUT2D eigenvalue weighted by Gasteiger charge is -2.20. The Morgan fingerprint density at radius 3 is 2.46 bits per heavy atom. The number of ether oxygens (including phenoxy) is 1. The smallest absolute Gasteiger partial charge is 0.238 e. The molecular weight excluding hydrogens is 401 g/mol. The van der Waals surface area contributed by atoms with Crippen LogP contribution in [0, 0.1) is 0 Å². The van der Waals surface area contributed by atoms with Crippen molar-refractivity contribution in [3.05, 3.63) is 58.1 Å². The van der Waals surface area contributed by atoms with Crippen LogP contribution in [0.2, 0.25) is 10.0 Å². The zero-order valence-electron chi connectivity index (χ0n) is 16.0. The molecule has 2 aromatic rings. The standard InChI is InChI=1S/C20H23Cl2N3O3/c1-13(15-6-4-5-7-16(15)22)23-19(26)11-25(2)12-20(27)24-17-10-14(21)8-9-18(17)28-3/h4-10,13H,11-12H2,1-3H3,(H,23,26)(H,24,27). The van der Waals surface area contributed by atoms with Crippen molar-refractivity contribution in [1.82, 2.24) is 10.2 Å². The van der Waals surface area contributed by atoms with E-state index in [-0.39, 0.29) is 30.9 Å². The molecule has 0 saturated heterocycles. The van der Waals surface area contributed by atoms with Crippen molar-refractivity contribution in [2.75, 3.05) is 32.6 Å². The zero-order valence-corrected chi connectivity index (χ0v) is 17.5. The third-order valence-electron chi connectivity index (χ3n) is 4.01. The van der Waals surface area contributed by atoms with E-state index in [0.29, 0.717) is 21.5 Å². The molecule has 0 aliphatic rings. The van der Waals surface area contributed by atoms with Gasteiger partial charge in [-0.05, 0) is 43.8 Å². The maximum absolute atomic E-state index is 12.3. The van der Waals surface area contributed by atoms with Crippen LogP contribution in [-0.4, -0.2) is 44.0 Å². The Morgan fingerprint density at radius 1 is 1.11 bits per heavy atom. The molecule has 2 aromatic carbocycles. The third kappa shape index (κ3) is 6.41. The first-order valence-corrected chi connectivity index (χ1v) is 9.41. The quantitative estimate of drug-likeness (QED) is 0.677. The molecule has 150 valence electrons. The summed E-state index contributed by atoms with van der Waals surface area (Å²) in [5.74, 6) is 0.0183. The van der Waals surface area contributed by atoms with Gasteiger partial charge >= 0.3 is 0 Å². The Balaban J connectivity index is 1.86. The number of halogens is 2. The molecule has 0 fully saturated rings. The average molecular weight is 424 g/mol. The van der Waals surface area contributed by atoms with Crippen LogP contribution in [-0.2, 0) is 9.59 Å². The summed E-state index contributed by atoms with van der Waals surface area (Å²) in [6.45, 7) is 1.95. The first-order chi connectivity index (χ1) is 13.3. The van der Waals surface area contributed by atoms with Crippen molar-refractivity contribution in [2.24, 2.45) is 0 Å². The SMILES string of the molecule is COc1ccc(Cl)cc1NC(=O)CN(C)CC(=O)NC(C)c1ccccc1Cl. The van der Waals surface area contributed by atoms with Crippen molar-refractivity contribution in [2.45, 2.75) is 13.0 Å². The topological polar surface area (TPSA) is 70.7 Å². The monoisotopic (exact) mass is 423 g/mol. The number of anilines is 1. The van der Waals surface area contributed by atoms with Gasteiger partial charge in [-0.15, -0.1) is 0 Å². The Hall–Kier alpha value is -2.28. The van der Waals surface area contributed by atoms with E-state index in [1.54, 1.807) is 36.2 Å². The molecular formula is C20H23Cl2N3O3. The van der Waals surface area contributed by atoms with Gasteiger partial charge in [-0.25, -0.2) is 0 Å². The van der Waals surface area contributed by atoms with Crippen molar-refractivity contribution in [3.8, 4) is 5.75 Å². The van der Waals surface area contributed by atoms with Gasteiger partial charge in [0.1, 0.15) is 5.75 Å². The van der Waals surface area contributed by atoms with Crippen LogP contribution >= 0.6 is 23.2 Å². The van der Waals surface area contributed by atoms with Gasteiger partial charge in [0, 0.05) is 10.0 Å². The molecule has 0 bridgehead atoms. The second kappa shape index (κ2) is 10.3. The highest BCUT2D eigenvalue weighted by Gasteiger charge is 2.16. The molecule has 2 amide bonds. The third-order valence-corrected chi connectivity index (χ3v) is 4.59. The van der Waals surface area contributed by atoms with Gasteiger partial charge in [-0.3, -0.25) is 14.5 Å². The first kappa shape index (κ1) is 22.0. The number of carbonyl (C=O) groups is 2. The van der Waals surface area contributed by atoms with Crippen molar-refractivity contribution in [1.29, 1.82) is 0 Å². The Morgan fingerprint density at radius 2 is 1.79 bits per heavy atom. The van der Waals surface area contributed by atoms with Crippen molar-refractivity contribution < 1.29 is 14.3 Å². The van der Waals surface area contributed by atoms with Gasteiger partial charge in [0.15, 0.2) is 0 Å². The summed E-state index contributed by atoms with van der Waals surface area (Å²) in [5.41, 5.74) is 1.32. The van der Waals surface area contributed by atoms with Crippen molar-refractivity contribution in [3.63, 3.8) is 0 Å². The molecule has 6 nitrogen and oxygen atoms in total. The van der Waals surface area contributed by atoms with Crippen LogP contribution in [0.5, 0.6) is 5.75 Å². The highest BCUT2D eigenvalue weighted by atomic mass is 35.5. The molecule has 0 spiro atoms. The molecule has 0 heterocycles. The van der Waals surface area contributed by atoms with Crippen LogP contribution in [0.4, 0.5) is 5.69 Å². The fraction of sp³-hybridized carbons (Fsp3) is 0.300. The largest absolute Gasteiger partial charge is 0.495 e. The number of benzene rings is 2. The molecule has 2 N–H and O–H groups in total. The molecule has 0 aliphatic carbocycles. The second-order valence-corrected chi connectivity index (χ2v) is 7.22. The van der Waals surface area contributed by atoms with Gasteiger partial charge in [0.05, 0.1) is 31.9 Å². The first-order valence-electron chi connectivity index (χ1n) is 8.66. The van der Waals surface area contributed by atoms with E-state index >= 15 is 0 Å².